The molecule has 0 spiro atoms. The number of carbonyl (C=O) groups excluding carboxylic acids is 1. The van der Waals surface area contributed by atoms with Crippen molar-refractivity contribution in [3.05, 3.63) is 35.6 Å². The molecule has 0 aliphatic heterocycles. The zero-order chi connectivity index (χ0) is 11.8. The Kier molecular flexibility index (Phi) is 4.87. The number of amides is 2. The SMILES string of the molecule is CCNC(=O)NCC#Cc1ccccc1F. The number of hydrogen-bond donors (Lipinski definition) is 2. The maximum absolute atomic E-state index is 13.1. The molecule has 0 radical (unpaired) electrons. The van der Waals surface area contributed by atoms with Crippen LogP contribution in [0.4, 0.5) is 9.18 Å². The van der Waals surface area contributed by atoms with Crippen molar-refractivity contribution >= 4 is 6.03 Å². The smallest absolute Gasteiger partial charge is 0.315 e. The molecule has 0 aliphatic carbocycles. The molecule has 4 heteroatoms. The summed E-state index contributed by atoms with van der Waals surface area (Å²) in [7, 11) is 0. The Morgan fingerprint density at radius 3 is 2.81 bits per heavy atom. The van der Waals surface area contributed by atoms with Gasteiger partial charge in [-0.25, -0.2) is 9.18 Å². The number of urea groups is 1. The van der Waals surface area contributed by atoms with Crippen molar-refractivity contribution in [1.82, 2.24) is 10.6 Å². The van der Waals surface area contributed by atoms with E-state index < -0.39 is 0 Å². The Bertz CT molecular complexity index is 421. The van der Waals surface area contributed by atoms with Crippen LogP contribution in [0.25, 0.3) is 0 Å². The van der Waals surface area contributed by atoms with Gasteiger partial charge in [-0.3, -0.25) is 0 Å². The first-order valence-corrected chi connectivity index (χ1v) is 4.99. The monoisotopic (exact) mass is 220 g/mol. The molecule has 2 amide bonds. The number of carbonyl (C=O) groups is 1. The van der Waals surface area contributed by atoms with Gasteiger partial charge in [0.1, 0.15) is 5.82 Å². The van der Waals surface area contributed by atoms with E-state index in [4.69, 9.17) is 0 Å². The van der Waals surface area contributed by atoms with Crippen LogP contribution in [0.5, 0.6) is 0 Å². The third-order valence-corrected chi connectivity index (χ3v) is 1.77. The van der Waals surface area contributed by atoms with Crippen LogP contribution in [0.3, 0.4) is 0 Å². The largest absolute Gasteiger partial charge is 0.338 e. The molecule has 0 unspecified atom stereocenters. The van der Waals surface area contributed by atoms with Crippen molar-refractivity contribution in [2.24, 2.45) is 0 Å². The fraction of sp³-hybridized carbons (Fsp3) is 0.250. The minimum atomic E-state index is -0.354. The second-order valence-electron chi connectivity index (χ2n) is 2.99. The number of hydrogen-bond acceptors (Lipinski definition) is 1. The summed E-state index contributed by atoms with van der Waals surface area (Å²) in [5.74, 6) is 4.96. The Morgan fingerprint density at radius 2 is 2.12 bits per heavy atom. The van der Waals surface area contributed by atoms with Crippen molar-refractivity contribution in [3.63, 3.8) is 0 Å². The summed E-state index contributed by atoms with van der Waals surface area (Å²) in [5.41, 5.74) is 0.334. The minimum Gasteiger partial charge on any atom is -0.338 e. The fourth-order valence-electron chi connectivity index (χ4n) is 1.05. The maximum atomic E-state index is 13.1. The first kappa shape index (κ1) is 12.1. The molecule has 16 heavy (non-hydrogen) atoms. The van der Waals surface area contributed by atoms with Gasteiger partial charge < -0.3 is 10.6 Å². The molecule has 0 aromatic heterocycles. The number of nitrogens with one attached hydrogen (secondary N) is 2. The summed E-state index contributed by atoms with van der Waals surface area (Å²) in [5, 5.41) is 5.09. The van der Waals surface area contributed by atoms with E-state index in [1.807, 2.05) is 6.92 Å². The third-order valence-electron chi connectivity index (χ3n) is 1.77. The van der Waals surface area contributed by atoms with Crippen LogP contribution >= 0.6 is 0 Å². The van der Waals surface area contributed by atoms with Gasteiger partial charge in [0.15, 0.2) is 0 Å². The zero-order valence-corrected chi connectivity index (χ0v) is 9.01. The van der Waals surface area contributed by atoms with E-state index in [1.54, 1.807) is 18.2 Å². The second kappa shape index (κ2) is 6.46. The van der Waals surface area contributed by atoms with Crippen molar-refractivity contribution in [3.8, 4) is 11.8 Å². The van der Waals surface area contributed by atoms with Gasteiger partial charge in [0, 0.05) is 6.54 Å². The van der Waals surface area contributed by atoms with E-state index in [1.165, 1.54) is 6.07 Å². The van der Waals surface area contributed by atoms with Gasteiger partial charge in [-0.15, -0.1) is 0 Å². The highest BCUT2D eigenvalue weighted by Gasteiger charge is 1.95. The predicted molar refractivity (Wildman–Crippen MR) is 60.4 cm³/mol. The number of halogens is 1. The van der Waals surface area contributed by atoms with E-state index in [2.05, 4.69) is 22.5 Å². The standard InChI is InChI=1S/C12H13FN2O/c1-2-14-12(16)15-9-5-7-10-6-3-4-8-11(10)13/h3-4,6,8H,2,9H2,1H3,(H2,14,15,16). The topological polar surface area (TPSA) is 41.1 Å². The normalized spacial score (nSPS) is 8.88. The van der Waals surface area contributed by atoms with E-state index >= 15 is 0 Å². The molecule has 0 fully saturated rings. The summed E-state index contributed by atoms with van der Waals surface area (Å²) in [6.07, 6.45) is 0. The van der Waals surface area contributed by atoms with Crippen LogP contribution in [-0.2, 0) is 0 Å². The van der Waals surface area contributed by atoms with Crippen LogP contribution in [0.15, 0.2) is 24.3 Å². The van der Waals surface area contributed by atoms with Crippen molar-refractivity contribution < 1.29 is 9.18 Å². The second-order valence-corrected chi connectivity index (χ2v) is 2.99. The molecular formula is C12H13FN2O. The van der Waals surface area contributed by atoms with Crippen molar-refractivity contribution in [1.29, 1.82) is 0 Å². The molecule has 0 saturated heterocycles. The van der Waals surface area contributed by atoms with Gasteiger partial charge in [-0.1, -0.05) is 24.0 Å². The molecule has 0 bridgehead atoms. The highest BCUT2D eigenvalue weighted by molar-refractivity contribution is 5.74. The van der Waals surface area contributed by atoms with E-state index in [0.29, 0.717) is 12.1 Å². The van der Waals surface area contributed by atoms with E-state index in [0.717, 1.165) is 0 Å². The first-order valence-electron chi connectivity index (χ1n) is 4.99. The Hall–Kier alpha value is -2.02. The van der Waals surface area contributed by atoms with Crippen LogP contribution < -0.4 is 10.6 Å². The van der Waals surface area contributed by atoms with Crippen molar-refractivity contribution in [2.75, 3.05) is 13.1 Å². The summed E-state index contributed by atoms with van der Waals surface area (Å²) in [6, 6.07) is 5.98. The Morgan fingerprint density at radius 1 is 1.38 bits per heavy atom. The first-order chi connectivity index (χ1) is 7.74. The lowest BCUT2D eigenvalue weighted by Crippen LogP contribution is -2.35. The van der Waals surface area contributed by atoms with Crippen LogP contribution in [0.1, 0.15) is 12.5 Å². The molecule has 0 atom stereocenters. The molecule has 1 aromatic carbocycles. The molecule has 0 saturated carbocycles. The molecule has 1 aromatic rings. The molecule has 3 nitrogen and oxygen atoms in total. The average Bonchev–Trinajstić information content (AvgIpc) is 2.27. The summed E-state index contributed by atoms with van der Waals surface area (Å²) in [4.78, 5) is 11.0. The minimum absolute atomic E-state index is 0.195. The summed E-state index contributed by atoms with van der Waals surface area (Å²) < 4.78 is 13.1. The van der Waals surface area contributed by atoms with Gasteiger partial charge in [-0.05, 0) is 19.1 Å². The Labute approximate surface area is 94.0 Å². The summed E-state index contributed by atoms with van der Waals surface area (Å²) >= 11 is 0. The summed E-state index contributed by atoms with van der Waals surface area (Å²) in [6.45, 7) is 2.58. The number of benzene rings is 1. The lowest BCUT2D eigenvalue weighted by atomic mass is 10.2. The lowest BCUT2D eigenvalue weighted by molar-refractivity contribution is 0.242. The molecule has 84 valence electrons. The average molecular weight is 220 g/mol. The van der Waals surface area contributed by atoms with Crippen LogP contribution in [0, 0.1) is 17.7 Å². The highest BCUT2D eigenvalue weighted by Crippen LogP contribution is 2.03. The van der Waals surface area contributed by atoms with Crippen LogP contribution in [0.2, 0.25) is 0 Å². The zero-order valence-electron chi connectivity index (χ0n) is 9.01. The van der Waals surface area contributed by atoms with Gasteiger partial charge in [0.2, 0.25) is 0 Å². The van der Waals surface area contributed by atoms with Gasteiger partial charge in [-0.2, -0.15) is 0 Å². The maximum Gasteiger partial charge on any atom is 0.315 e. The number of rotatable bonds is 2. The van der Waals surface area contributed by atoms with E-state index in [-0.39, 0.29) is 18.4 Å². The van der Waals surface area contributed by atoms with Crippen molar-refractivity contribution in [2.45, 2.75) is 6.92 Å². The van der Waals surface area contributed by atoms with Gasteiger partial charge in [0.05, 0.1) is 12.1 Å². The highest BCUT2D eigenvalue weighted by atomic mass is 19.1. The third kappa shape index (κ3) is 4.01. The molecule has 1 rings (SSSR count). The lowest BCUT2D eigenvalue weighted by Gasteiger charge is -2.00. The van der Waals surface area contributed by atoms with Gasteiger partial charge in [0.25, 0.3) is 0 Å². The quantitative estimate of drug-likeness (QED) is 0.728. The van der Waals surface area contributed by atoms with E-state index in [9.17, 15) is 9.18 Å². The molecule has 0 aliphatic rings. The predicted octanol–water partition coefficient (Wildman–Crippen LogP) is 1.50. The molecule has 2 N–H and O–H groups in total. The fourth-order valence-corrected chi connectivity index (χ4v) is 1.05. The molecule has 0 heterocycles. The van der Waals surface area contributed by atoms with Gasteiger partial charge >= 0.3 is 6.03 Å². The molecular weight excluding hydrogens is 207 g/mol. The van der Waals surface area contributed by atoms with Crippen LogP contribution in [-0.4, -0.2) is 19.1 Å². The Balaban J connectivity index is 2.44.